The van der Waals surface area contributed by atoms with Gasteiger partial charge in [-0.2, -0.15) is 5.01 Å². The van der Waals surface area contributed by atoms with Crippen LogP contribution in [-0.2, 0) is 20.9 Å². The van der Waals surface area contributed by atoms with Gasteiger partial charge in [0.05, 0.1) is 12.6 Å². The van der Waals surface area contributed by atoms with Crippen molar-refractivity contribution in [2.75, 3.05) is 13.7 Å². The molecule has 0 spiro atoms. The summed E-state index contributed by atoms with van der Waals surface area (Å²) in [6, 6.07) is 18.9. The molecule has 1 saturated heterocycles. The number of cyclic esters (lactones) is 1. The van der Waals surface area contributed by atoms with Gasteiger partial charge >= 0.3 is 6.09 Å². The molecule has 2 atom stereocenters. The van der Waals surface area contributed by atoms with Crippen LogP contribution in [0.4, 0.5) is 4.79 Å². The van der Waals surface area contributed by atoms with E-state index >= 15 is 0 Å². The molecular weight excluding hydrogens is 332 g/mol. The van der Waals surface area contributed by atoms with E-state index in [0.717, 1.165) is 16.1 Å². The van der Waals surface area contributed by atoms with Crippen molar-refractivity contribution >= 4 is 12.0 Å². The number of hydrazine groups is 1. The summed E-state index contributed by atoms with van der Waals surface area (Å²) in [5.41, 5.74) is 1.86. The Bertz CT molecular complexity index is 751. The molecule has 0 aromatic heterocycles. The Morgan fingerprint density at radius 2 is 1.69 bits per heavy atom. The van der Waals surface area contributed by atoms with E-state index in [9.17, 15) is 9.59 Å². The summed E-state index contributed by atoms with van der Waals surface area (Å²) in [6.07, 6.45) is -1.12. The molecule has 0 saturated carbocycles. The molecule has 6 heteroatoms. The van der Waals surface area contributed by atoms with Crippen molar-refractivity contribution in [2.24, 2.45) is 0 Å². The maximum absolute atomic E-state index is 12.5. The first-order valence-corrected chi connectivity index (χ1v) is 8.51. The molecule has 0 aliphatic carbocycles. The molecule has 2 aromatic carbocycles. The maximum Gasteiger partial charge on any atom is 0.432 e. The van der Waals surface area contributed by atoms with E-state index in [1.54, 1.807) is 12.1 Å². The number of imide groups is 1. The number of rotatable bonds is 5. The Balaban J connectivity index is 1.61. The Morgan fingerprint density at radius 1 is 1.08 bits per heavy atom. The van der Waals surface area contributed by atoms with Gasteiger partial charge in [-0.3, -0.25) is 4.79 Å². The summed E-state index contributed by atoms with van der Waals surface area (Å²) in [6.45, 7) is 2.02. The highest BCUT2D eigenvalue weighted by Crippen LogP contribution is 2.30. The quantitative estimate of drug-likeness (QED) is 0.825. The van der Waals surface area contributed by atoms with Crippen LogP contribution in [-0.4, -0.2) is 41.7 Å². The zero-order chi connectivity index (χ0) is 18.5. The number of likely N-dealkylation sites (N-methyl/N-ethyl adjacent to an activating group) is 1. The predicted molar refractivity (Wildman–Crippen MR) is 95.8 cm³/mol. The van der Waals surface area contributed by atoms with Crippen LogP contribution in [0.5, 0.6) is 0 Å². The number of nitrogens with zero attached hydrogens (tertiary/aromatic N) is 2. The number of carbonyl (C=O) groups is 2. The van der Waals surface area contributed by atoms with Crippen molar-refractivity contribution in [2.45, 2.75) is 25.7 Å². The molecule has 0 unspecified atom stereocenters. The van der Waals surface area contributed by atoms with Gasteiger partial charge in [-0.05, 0) is 18.1 Å². The second kappa shape index (κ2) is 8.12. The van der Waals surface area contributed by atoms with Crippen molar-refractivity contribution < 1.29 is 19.1 Å². The highest BCUT2D eigenvalue weighted by Gasteiger charge is 2.41. The molecule has 2 aromatic rings. The van der Waals surface area contributed by atoms with Gasteiger partial charge in [-0.1, -0.05) is 60.7 Å². The van der Waals surface area contributed by atoms with E-state index in [0.29, 0.717) is 6.61 Å². The molecule has 26 heavy (non-hydrogen) atoms. The zero-order valence-electron chi connectivity index (χ0n) is 14.9. The monoisotopic (exact) mass is 354 g/mol. The summed E-state index contributed by atoms with van der Waals surface area (Å²) in [4.78, 5) is 24.9. The Morgan fingerprint density at radius 3 is 2.35 bits per heavy atom. The number of ether oxygens (including phenoxy) is 2. The van der Waals surface area contributed by atoms with Crippen molar-refractivity contribution in [3.05, 3.63) is 71.8 Å². The minimum atomic E-state index is -0.687. The topological polar surface area (TPSA) is 59.1 Å². The third kappa shape index (κ3) is 3.92. The summed E-state index contributed by atoms with van der Waals surface area (Å²) >= 11 is 0. The Labute approximate surface area is 152 Å². The van der Waals surface area contributed by atoms with Gasteiger partial charge in [-0.25, -0.2) is 9.80 Å². The summed E-state index contributed by atoms with van der Waals surface area (Å²) in [7, 11) is 1.70. The number of hydrogen-bond acceptors (Lipinski definition) is 5. The van der Waals surface area contributed by atoms with Crippen molar-refractivity contribution in [1.82, 2.24) is 10.0 Å². The van der Waals surface area contributed by atoms with Gasteiger partial charge in [-0.15, -0.1) is 0 Å². The zero-order valence-corrected chi connectivity index (χ0v) is 14.9. The lowest BCUT2D eigenvalue weighted by Crippen LogP contribution is -2.59. The van der Waals surface area contributed by atoms with Crippen LogP contribution >= 0.6 is 0 Å². The first-order chi connectivity index (χ1) is 12.6. The molecule has 1 fully saturated rings. The molecule has 1 aliphatic heterocycles. The van der Waals surface area contributed by atoms with Crippen LogP contribution in [0.3, 0.4) is 0 Å². The Hall–Kier alpha value is -2.70. The average Bonchev–Trinajstić information content (AvgIpc) is 2.66. The lowest BCUT2D eigenvalue weighted by Gasteiger charge is -2.42. The van der Waals surface area contributed by atoms with Gasteiger partial charge in [0.15, 0.2) is 0 Å². The van der Waals surface area contributed by atoms with Crippen molar-refractivity contribution in [3.63, 3.8) is 0 Å². The molecule has 3 rings (SSSR count). The normalized spacial score (nSPS) is 20.7. The molecule has 0 radical (unpaired) electrons. The first kappa shape index (κ1) is 18.1. The molecular formula is C20H22N2O4. The number of amides is 2. The average molecular weight is 354 g/mol. The third-order valence-corrected chi connectivity index (χ3v) is 4.45. The van der Waals surface area contributed by atoms with Crippen molar-refractivity contribution in [1.29, 1.82) is 0 Å². The third-order valence-electron chi connectivity index (χ3n) is 4.45. The van der Waals surface area contributed by atoms with Gasteiger partial charge in [0, 0.05) is 7.05 Å². The minimum absolute atomic E-state index is 0.187. The largest absolute Gasteiger partial charge is 0.438 e. The molecule has 1 heterocycles. The van der Waals surface area contributed by atoms with Crippen LogP contribution in [0.1, 0.15) is 24.2 Å². The highest BCUT2D eigenvalue weighted by molar-refractivity contribution is 5.92. The van der Waals surface area contributed by atoms with E-state index in [-0.39, 0.29) is 12.6 Å². The fraction of sp³-hybridized carbons (Fsp3) is 0.300. The maximum atomic E-state index is 12.5. The summed E-state index contributed by atoms with van der Waals surface area (Å²) < 4.78 is 11.0. The van der Waals surface area contributed by atoms with E-state index in [1.807, 2.05) is 67.6 Å². The predicted octanol–water partition coefficient (Wildman–Crippen LogP) is 3.16. The molecule has 0 N–H and O–H groups in total. The van der Waals surface area contributed by atoms with Crippen LogP contribution in [0.25, 0.3) is 0 Å². The standard InChI is InChI=1S/C20H22N2O4/c1-15-19(17-11-7-4-8-12-17)26-20(24)22(21(15)2)18(23)14-25-13-16-9-5-3-6-10-16/h3-12,15,19H,13-14H2,1-2H3/t15-,19-/m0/s1. The smallest absolute Gasteiger partial charge is 0.432 e. The van der Waals surface area contributed by atoms with E-state index < -0.39 is 18.1 Å². The fourth-order valence-electron chi connectivity index (χ4n) is 2.92. The number of carbonyl (C=O) groups excluding carboxylic acids is 2. The Kier molecular flexibility index (Phi) is 5.65. The van der Waals surface area contributed by atoms with E-state index in [1.165, 1.54) is 0 Å². The van der Waals surface area contributed by atoms with Crippen LogP contribution in [0, 0.1) is 0 Å². The van der Waals surface area contributed by atoms with Gasteiger partial charge in [0.25, 0.3) is 5.91 Å². The minimum Gasteiger partial charge on any atom is -0.438 e. The molecule has 136 valence electrons. The van der Waals surface area contributed by atoms with Crippen LogP contribution in [0.2, 0.25) is 0 Å². The van der Waals surface area contributed by atoms with E-state index in [2.05, 4.69) is 0 Å². The van der Waals surface area contributed by atoms with Gasteiger partial charge in [0.2, 0.25) is 0 Å². The second-order valence-corrected chi connectivity index (χ2v) is 6.21. The van der Waals surface area contributed by atoms with Crippen LogP contribution in [0.15, 0.2) is 60.7 Å². The summed E-state index contributed by atoms with van der Waals surface area (Å²) in [5, 5.41) is 2.62. The fourth-order valence-corrected chi connectivity index (χ4v) is 2.92. The first-order valence-electron chi connectivity index (χ1n) is 8.51. The SMILES string of the molecule is C[C@H]1[C@@H](c2ccccc2)OC(=O)N(C(=O)COCc2ccccc2)N1C. The van der Waals surface area contributed by atoms with Gasteiger partial charge in [0.1, 0.15) is 12.7 Å². The van der Waals surface area contributed by atoms with Crippen LogP contribution < -0.4 is 0 Å². The van der Waals surface area contributed by atoms with Crippen molar-refractivity contribution in [3.8, 4) is 0 Å². The lowest BCUT2D eigenvalue weighted by molar-refractivity contribution is -0.167. The highest BCUT2D eigenvalue weighted by atomic mass is 16.6. The molecule has 2 amide bonds. The lowest BCUT2D eigenvalue weighted by atomic mass is 10.0. The number of hydrogen-bond donors (Lipinski definition) is 0. The molecule has 1 aliphatic rings. The summed E-state index contributed by atoms with van der Waals surface area (Å²) in [5.74, 6) is -0.452. The second-order valence-electron chi connectivity index (χ2n) is 6.21. The van der Waals surface area contributed by atoms with Gasteiger partial charge < -0.3 is 9.47 Å². The molecule has 0 bridgehead atoms. The number of benzene rings is 2. The van der Waals surface area contributed by atoms with E-state index in [4.69, 9.17) is 9.47 Å². The molecule has 6 nitrogen and oxygen atoms in total.